The van der Waals surface area contributed by atoms with Crippen LogP contribution in [0.2, 0.25) is 0 Å². The Bertz CT molecular complexity index is 976. The molecule has 1 heterocycles. The van der Waals surface area contributed by atoms with Gasteiger partial charge in [-0.1, -0.05) is 36.4 Å². The molecule has 0 saturated carbocycles. The van der Waals surface area contributed by atoms with Crippen LogP contribution in [0.3, 0.4) is 0 Å². The molecule has 29 heavy (non-hydrogen) atoms. The zero-order valence-electron chi connectivity index (χ0n) is 16.2. The third-order valence-electron chi connectivity index (χ3n) is 4.13. The summed E-state index contributed by atoms with van der Waals surface area (Å²) >= 11 is 0. The molecule has 0 atom stereocenters. The van der Waals surface area contributed by atoms with Crippen LogP contribution in [0.5, 0.6) is 0 Å². The first kappa shape index (κ1) is 20.0. The molecule has 3 N–H and O–H groups in total. The summed E-state index contributed by atoms with van der Waals surface area (Å²) in [7, 11) is 0. The summed E-state index contributed by atoms with van der Waals surface area (Å²) < 4.78 is 0. The van der Waals surface area contributed by atoms with Crippen molar-refractivity contribution >= 4 is 29.0 Å². The first-order chi connectivity index (χ1) is 14.1. The summed E-state index contributed by atoms with van der Waals surface area (Å²) in [5.41, 5.74) is 2.95. The Hall–Kier alpha value is -3.74. The maximum Gasteiger partial charge on any atom is 0.270 e. The lowest BCUT2D eigenvalue weighted by atomic mass is 10.1. The fourth-order valence-corrected chi connectivity index (χ4v) is 2.81. The van der Waals surface area contributed by atoms with Crippen molar-refractivity contribution < 1.29 is 9.59 Å². The summed E-state index contributed by atoms with van der Waals surface area (Å²) in [6.07, 6.45) is 3.10. The van der Waals surface area contributed by atoms with Gasteiger partial charge in [-0.05, 0) is 36.6 Å². The van der Waals surface area contributed by atoms with Gasteiger partial charge in [-0.3, -0.25) is 9.59 Å². The molecule has 2 aromatic carbocycles. The predicted molar refractivity (Wildman–Crippen MR) is 113 cm³/mol. The van der Waals surface area contributed by atoms with E-state index < -0.39 is 0 Å². The number of nitrogens with zero attached hydrogens (tertiary/aromatic N) is 2. The second-order valence-electron chi connectivity index (χ2n) is 6.52. The van der Waals surface area contributed by atoms with E-state index >= 15 is 0 Å². The van der Waals surface area contributed by atoms with Gasteiger partial charge in [0, 0.05) is 30.9 Å². The number of nitrogens with one attached hydrogen (secondary N) is 3. The first-order valence-corrected chi connectivity index (χ1v) is 9.39. The molecule has 0 spiro atoms. The molecule has 148 valence electrons. The Labute approximate surface area is 169 Å². The van der Waals surface area contributed by atoms with Crippen LogP contribution in [0.1, 0.15) is 29.4 Å². The number of aromatic nitrogens is 2. The Morgan fingerprint density at radius 3 is 2.52 bits per heavy atom. The molecule has 0 radical (unpaired) electrons. The van der Waals surface area contributed by atoms with Gasteiger partial charge in [0.05, 0.1) is 0 Å². The lowest BCUT2D eigenvalue weighted by Crippen LogP contribution is -2.25. The topological polar surface area (TPSA) is 96.0 Å². The lowest BCUT2D eigenvalue weighted by molar-refractivity contribution is -0.114. The minimum atomic E-state index is -0.240. The second kappa shape index (κ2) is 9.98. The molecule has 3 rings (SSSR count). The van der Waals surface area contributed by atoms with Crippen LogP contribution >= 0.6 is 0 Å². The van der Waals surface area contributed by atoms with E-state index in [1.165, 1.54) is 18.8 Å². The smallest absolute Gasteiger partial charge is 0.270 e. The van der Waals surface area contributed by atoms with Gasteiger partial charge in [0.2, 0.25) is 5.91 Å². The molecular weight excluding hydrogens is 366 g/mol. The molecule has 0 bridgehead atoms. The number of amides is 2. The largest absolute Gasteiger partial charge is 0.351 e. The monoisotopic (exact) mass is 389 g/mol. The molecule has 0 saturated heterocycles. The zero-order chi connectivity index (χ0) is 20.5. The number of carbonyl (C=O) groups is 2. The Morgan fingerprint density at radius 2 is 1.72 bits per heavy atom. The van der Waals surface area contributed by atoms with Gasteiger partial charge in [0.1, 0.15) is 17.8 Å². The lowest BCUT2D eigenvalue weighted by Gasteiger charge is -2.09. The van der Waals surface area contributed by atoms with Gasteiger partial charge in [-0.15, -0.1) is 0 Å². The highest BCUT2D eigenvalue weighted by Crippen LogP contribution is 2.19. The van der Waals surface area contributed by atoms with Crippen LogP contribution < -0.4 is 16.0 Å². The molecule has 7 heteroatoms. The molecular formula is C22H23N5O2. The Morgan fingerprint density at radius 1 is 0.931 bits per heavy atom. The minimum absolute atomic E-state index is 0.143. The highest BCUT2D eigenvalue weighted by atomic mass is 16.2. The standard InChI is InChI=1S/C22H23N5O2/c1-16(28)26-18-10-5-11-19(13-18)27-21-14-20(24-15-25-21)22(29)23-12-6-9-17-7-3-2-4-8-17/h2-5,7-8,10-11,13-15H,6,9,12H2,1H3,(H,23,29)(H,26,28)(H,24,25,27). The van der Waals surface area contributed by atoms with Gasteiger partial charge in [-0.2, -0.15) is 0 Å². The fourth-order valence-electron chi connectivity index (χ4n) is 2.81. The van der Waals surface area contributed by atoms with Gasteiger partial charge in [0.25, 0.3) is 5.91 Å². The van der Waals surface area contributed by atoms with E-state index in [2.05, 4.69) is 38.1 Å². The zero-order valence-corrected chi connectivity index (χ0v) is 16.2. The van der Waals surface area contributed by atoms with Crippen molar-refractivity contribution in [1.82, 2.24) is 15.3 Å². The van der Waals surface area contributed by atoms with E-state index in [4.69, 9.17) is 0 Å². The molecule has 0 aliphatic heterocycles. The normalized spacial score (nSPS) is 10.2. The van der Waals surface area contributed by atoms with E-state index in [-0.39, 0.29) is 11.8 Å². The molecule has 0 unspecified atom stereocenters. The van der Waals surface area contributed by atoms with Gasteiger partial charge in [-0.25, -0.2) is 9.97 Å². The summed E-state index contributed by atoms with van der Waals surface area (Å²) in [5, 5.41) is 8.73. The average molecular weight is 389 g/mol. The maximum absolute atomic E-state index is 12.4. The molecule has 3 aromatic rings. The third kappa shape index (κ3) is 6.42. The highest BCUT2D eigenvalue weighted by Gasteiger charge is 2.09. The van der Waals surface area contributed by atoms with E-state index in [1.54, 1.807) is 18.2 Å². The predicted octanol–water partition coefficient (Wildman–Crippen LogP) is 3.54. The summed E-state index contributed by atoms with van der Waals surface area (Å²) in [4.78, 5) is 31.8. The third-order valence-corrected chi connectivity index (χ3v) is 4.13. The second-order valence-corrected chi connectivity index (χ2v) is 6.52. The highest BCUT2D eigenvalue weighted by molar-refractivity contribution is 5.93. The molecule has 0 aliphatic rings. The SMILES string of the molecule is CC(=O)Nc1cccc(Nc2cc(C(=O)NCCCc3ccccc3)ncn2)c1. The molecule has 7 nitrogen and oxygen atoms in total. The quantitative estimate of drug-likeness (QED) is 0.512. The van der Waals surface area contributed by atoms with Gasteiger partial charge < -0.3 is 16.0 Å². The van der Waals surface area contributed by atoms with Crippen LogP contribution in [0, 0.1) is 0 Å². The van der Waals surface area contributed by atoms with Gasteiger partial charge in [0.15, 0.2) is 0 Å². The van der Waals surface area contributed by atoms with Crippen LogP contribution in [0.25, 0.3) is 0 Å². The number of aryl methyl sites for hydroxylation is 1. The number of benzene rings is 2. The molecule has 2 amide bonds. The van der Waals surface area contributed by atoms with Crippen LogP contribution in [-0.4, -0.2) is 28.3 Å². The Balaban J connectivity index is 1.54. The number of carbonyl (C=O) groups excluding carboxylic acids is 2. The summed E-state index contributed by atoms with van der Waals surface area (Å²) in [6, 6.07) is 19.0. The minimum Gasteiger partial charge on any atom is -0.351 e. The van der Waals surface area contributed by atoms with E-state index in [0.29, 0.717) is 23.7 Å². The molecule has 0 aliphatic carbocycles. The van der Waals surface area contributed by atoms with E-state index in [9.17, 15) is 9.59 Å². The van der Waals surface area contributed by atoms with Crippen molar-refractivity contribution in [3.8, 4) is 0 Å². The van der Waals surface area contributed by atoms with Crippen molar-refractivity contribution in [3.63, 3.8) is 0 Å². The van der Waals surface area contributed by atoms with Crippen LogP contribution in [0.15, 0.2) is 67.0 Å². The maximum atomic E-state index is 12.4. The number of hydrogen-bond donors (Lipinski definition) is 3. The van der Waals surface area contributed by atoms with Crippen molar-refractivity contribution in [2.24, 2.45) is 0 Å². The number of anilines is 3. The van der Waals surface area contributed by atoms with Crippen LogP contribution in [0.4, 0.5) is 17.2 Å². The number of hydrogen-bond acceptors (Lipinski definition) is 5. The fraction of sp³-hybridized carbons (Fsp3) is 0.182. The van der Waals surface area contributed by atoms with Crippen molar-refractivity contribution in [2.75, 3.05) is 17.2 Å². The average Bonchev–Trinajstić information content (AvgIpc) is 2.72. The van der Waals surface area contributed by atoms with E-state index in [1.807, 2.05) is 30.3 Å². The van der Waals surface area contributed by atoms with Crippen molar-refractivity contribution in [2.45, 2.75) is 19.8 Å². The van der Waals surface area contributed by atoms with Crippen molar-refractivity contribution in [1.29, 1.82) is 0 Å². The molecule has 1 aromatic heterocycles. The molecule has 0 fully saturated rings. The van der Waals surface area contributed by atoms with Crippen molar-refractivity contribution in [3.05, 3.63) is 78.2 Å². The number of rotatable bonds is 8. The first-order valence-electron chi connectivity index (χ1n) is 9.39. The van der Waals surface area contributed by atoms with Crippen LogP contribution in [-0.2, 0) is 11.2 Å². The van der Waals surface area contributed by atoms with E-state index in [0.717, 1.165) is 18.5 Å². The summed E-state index contributed by atoms with van der Waals surface area (Å²) in [6.45, 7) is 2.02. The summed E-state index contributed by atoms with van der Waals surface area (Å²) in [5.74, 6) is 0.111. The van der Waals surface area contributed by atoms with Gasteiger partial charge >= 0.3 is 0 Å². The Kier molecular flexibility index (Phi) is 6.89.